The van der Waals surface area contributed by atoms with E-state index in [2.05, 4.69) is 59.6 Å². The molecule has 3 rings (SSSR count). The smallest absolute Gasteiger partial charge is 0.223 e. The summed E-state index contributed by atoms with van der Waals surface area (Å²) in [5.74, 6) is 1.42. The molecule has 0 fully saturated rings. The second-order valence-electron chi connectivity index (χ2n) is 4.50. The van der Waals surface area contributed by atoms with Crippen LogP contribution < -0.4 is 5.73 Å². The summed E-state index contributed by atoms with van der Waals surface area (Å²) in [6, 6.07) is 14.7. The average molecular weight is 284 g/mol. The minimum atomic E-state index is 0.467. The summed E-state index contributed by atoms with van der Waals surface area (Å²) in [6.07, 6.45) is 0. The summed E-state index contributed by atoms with van der Waals surface area (Å²) >= 11 is 1.66. The zero-order valence-corrected chi connectivity index (χ0v) is 12.1. The van der Waals surface area contributed by atoms with Gasteiger partial charge in [-0.05, 0) is 22.1 Å². The van der Waals surface area contributed by atoms with Crippen LogP contribution in [0.1, 0.15) is 12.5 Å². The van der Waals surface area contributed by atoms with Crippen molar-refractivity contribution in [2.75, 3.05) is 11.5 Å². The van der Waals surface area contributed by atoms with Crippen LogP contribution in [-0.4, -0.2) is 20.5 Å². The highest BCUT2D eigenvalue weighted by Crippen LogP contribution is 2.23. The summed E-state index contributed by atoms with van der Waals surface area (Å²) in [5.41, 5.74) is 7.17. The molecular formula is C15H16N4S. The molecule has 0 bridgehead atoms. The second kappa shape index (κ2) is 5.54. The van der Waals surface area contributed by atoms with E-state index in [4.69, 9.17) is 5.73 Å². The van der Waals surface area contributed by atoms with Gasteiger partial charge in [-0.1, -0.05) is 61.2 Å². The lowest BCUT2D eigenvalue weighted by molar-refractivity contribution is 0.720. The molecule has 2 aromatic carbocycles. The standard InChI is InChI=1S/C15H16N4S/c1-2-20-15-18-17-14(16)19(15)10-12-8-5-7-11-6-3-4-9-13(11)12/h3-9H,2,10H2,1H3,(H2,16,17). The highest BCUT2D eigenvalue weighted by atomic mass is 32.2. The Kier molecular flexibility index (Phi) is 3.60. The van der Waals surface area contributed by atoms with Gasteiger partial charge in [-0.15, -0.1) is 10.2 Å². The summed E-state index contributed by atoms with van der Waals surface area (Å²) in [7, 11) is 0. The molecule has 0 aliphatic rings. The van der Waals surface area contributed by atoms with E-state index in [0.717, 1.165) is 10.9 Å². The van der Waals surface area contributed by atoms with Crippen LogP contribution in [0.4, 0.5) is 5.95 Å². The molecule has 102 valence electrons. The molecule has 3 aromatic rings. The van der Waals surface area contributed by atoms with Gasteiger partial charge >= 0.3 is 0 Å². The van der Waals surface area contributed by atoms with Gasteiger partial charge in [0.05, 0.1) is 6.54 Å². The fraction of sp³-hybridized carbons (Fsp3) is 0.200. The molecule has 0 atom stereocenters. The van der Waals surface area contributed by atoms with E-state index < -0.39 is 0 Å². The van der Waals surface area contributed by atoms with Gasteiger partial charge < -0.3 is 5.73 Å². The number of rotatable bonds is 4. The minimum absolute atomic E-state index is 0.467. The Morgan fingerprint density at radius 3 is 2.75 bits per heavy atom. The number of hydrogen-bond acceptors (Lipinski definition) is 4. The van der Waals surface area contributed by atoms with Crippen molar-refractivity contribution >= 4 is 28.5 Å². The van der Waals surface area contributed by atoms with E-state index in [-0.39, 0.29) is 0 Å². The van der Waals surface area contributed by atoms with Gasteiger partial charge in [-0.3, -0.25) is 4.57 Å². The number of aromatic nitrogens is 3. The first-order valence-electron chi connectivity index (χ1n) is 6.57. The monoisotopic (exact) mass is 284 g/mol. The molecule has 20 heavy (non-hydrogen) atoms. The van der Waals surface area contributed by atoms with E-state index in [1.165, 1.54) is 16.3 Å². The molecule has 0 radical (unpaired) electrons. The third kappa shape index (κ3) is 2.36. The summed E-state index contributed by atoms with van der Waals surface area (Å²) < 4.78 is 1.97. The lowest BCUT2D eigenvalue weighted by Gasteiger charge is -2.10. The molecule has 0 unspecified atom stereocenters. The molecule has 0 spiro atoms. The van der Waals surface area contributed by atoms with Gasteiger partial charge in [-0.25, -0.2) is 0 Å². The van der Waals surface area contributed by atoms with Crippen molar-refractivity contribution in [2.24, 2.45) is 0 Å². The van der Waals surface area contributed by atoms with Gasteiger partial charge in [0.1, 0.15) is 0 Å². The van der Waals surface area contributed by atoms with Gasteiger partial charge in [0, 0.05) is 0 Å². The van der Waals surface area contributed by atoms with Crippen molar-refractivity contribution in [1.29, 1.82) is 0 Å². The molecule has 5 heteroatoms. The molecule has 0 saturated carbocycles. The van der Waals surface area contributed by atoms with E-state index in [1.54, 1.807) is 11.8 Å². The third-order valence-corrected chi connectivity index (χ3v) is 4.08. The van der Waals surface area contributed by atoms with Gasteiger partial charge in [-0.2, -0.15) is 0 Å². The van der Waals surface area contributed by atoms with E-state index in [9.17, 15) is 0 Å². The Hall–Kier alpha value is -2.01. The largest absolute Gasteiger partial charge is 0.368 e. The van der Waals surface area contributed by atoms with Crippen molar-refractivity contribution in [3.8, 4) is 0 Å². The molecule has 1 heterocycles. The molecule has 0 aliphatic carbocycles. The molecule has 0 aliphatic heterocycles. The number of nitrogens with two attached hydrogens (primary N) is 1. The fourth-order valence-electron chi connectivity index (χ4n) is 2.29. The molecular weight excluding hydrogens is 268 g/mol. The molecule has 1 aromatic heterocycles. The van der Waals surface area contributed by atoms with Crippen LogP contribution in [0, 0.1) is 0 Å². The number of fused-ring (bicyclic) bond motifs is 1. The fourth-order valence-corrected chi connectivity index (χ4v) is 2.96. The van der Waals surface area contributed by atoms with Gasteiger partial charge in [0.2, 0.25) is 5.95 Å². The molecule has 0 amide bonds. The summed E-state index contributed by atoms with van der Waals surface area (Å²) in [4.78, 5) is 0. The van der Waals surface area contributed by atoms with Crippen LogP contribution in [0.3, 0.4) is 0 Å². The number of nitrogens with zero attached hydrogens (tertiary/aromatic N) is 3. The lowest BCUT2D eigenvalue weighted by Crippen LogP contribution is -2.06. The third-order valence-electron chi connectivity index (χ3n) is 3.23. The van der Waals surface area contributed by atoms with E-state index in [1.807, 2.05) is 4.57 Å². The first-order chi connectivity index (χ1) is 9.79. The molecule has 0 saturated heterocycles. The van der Waals surface area contributed by atoms with E-state index in [0.29, 0.717) is 12.5 Å². The van der Waals surface area contributed by atoms with Crippen LogP contribution in [0.25, 0.3) is 10.8 Å². The van der Waals surface area contributed by atoms with Crippen molar-refractivity contribution < 1.29 is 0 Å². The van der Waals surface area contributed by atoms with Crippen LogP contribution in [-0.2, 0) is 6.54 Å². The zero-order valence-electron chi connectivity index (χ0n) is 11.3. The Bertz CT molecular complexity index is 730. The highest BCUT2D eigenvalue weighted by Gasteiger charge is 2.11. The quantitative estimate of drug-likeness (QED) is 0.748. The molecule has 2 N–H and O–H groups in total. The predicted molar refractivity (Wildman–Crippen MR) is 83.9 cm³/mol. The first kappa shape index (κ1) is 13.0. The summed E-state index contributed by atoms with van der Waals surface area (Å²) in [6.45, 7) is 2.79. The average Bonchev–Trinajstić information content (AvgIpc) is 2.81. The number of thioether (sulfide) groups is 1. The maximum Gasteiger partial charge on any atom is 0.223 e. The first-order valence-corrected chi connectivity index (χ1v) is 7.56. The SMILES string of the molecule is CCSc1nnc(N)n1Cc1cccc2ccccc12. The minimum Gasteiger partial charge on any atom is -0.368 e. The van der Waals surface area contributed by atoms with Gasteiger partial charge in [0.25, 0.3) is 0 Å². The number of hydrogen-bond donors (Lipinski definition) is 1. The zero-order chi connectivity index (χ0) is 13.9. The maximum atomic E-state index is 5.94. The van der Waals surface area contributed by atoms with E-state index >= 15 is 0 Å². The maximum absolute atomic E-state index is 5.94. The highest BCUT2D eigenvalue weighted by molar-refractivity contribution is 7.99. The van der Waals surface area contributed by atoms with Crippen LogP contribution in [0.5, 0.6) is 0 Å². The number of anilines is 1. The van der Waals surface area contributed by atoms with Crippen molar-refractivity contribution in [3.63, 3.8) is 0 Å². The Balaban J connectivity index is 2.03. The Labute approximate surface area is 122 Å². The second-order valence-corrected chi connectivity index (χ2v) is 5.73. The normalized spacial score (nSPS) is 11.1. The Morgan fingerprint density at radius 2 is 1.90 bits per heavy atom. The summed E-state index contributed by atoms with van der Waals surface area (Å²) in [5, 5.41) is 11.5. The topological polar surface area (TPSA) is 56.7 Å². The number of nitrogen functional groups attached to an aromatic ring is 1. The van der Waals surface area contributed by atoms with Crippen molar-refractivity contribution in [1.82, 2.24) is 14.8 Å². The van der Waals surface area contributed by atoms with Crippen LogP contribution in [0.15, 0.2) is 47.6 Å². The van der Waals surface area contributed by atoms with Crippen molar-refractivity contribution in [3.05, 3.63) is 48.0 Å². The van der Waals surface area contributed by atoms with Crippen LogP contribution in [0.2, 0.25) is 0 Å². The van der Waals surface area contributed by atoms with Gasteiger partial charge in [0.15, 0.2) is 5.16 Å². The lowest BCUT2D eigenvalue weighted by atomic mass is 10.0. The van der Waals surface area contributed by atoms with Crippen LogP contribution >= 0.6 is 11.8 Å². The number of benzene rings is 2. The molecule has 4 nitrogen and oxygen atoms in total. The predicted octanol–water partition coefficient (Wildman–Crippen LogP) is 3.17. The Morgan fingerprint density at radius 1 is 1.10 bits per heavy atom. The van der Waals surface area contributed by atoms with Crippen molar-refractivity contribution in [2.45, 2.75) is 18.6 Å².